The van der Waals surface area contributed by atoms with Gasteiger partial charge in [0.25, 0.3) is 0 Å². The summed E-state index contributed by atoms with van der Waals surface area (Å²) < 4.78 is 0. The van der Waals surface area contributed by atoms with E-state index in [1.807, 2.05) is 0 Å². The Morgan fingerprint density at radius 1 is 1.38 bits per heavy atom. The maximum Gasteiger partial charge on any atom is 0.0433 e. The van der Waals surface area contributed by atoms with E-state index in [2.05, 4.69) is 19.1 Å². The molecule has 0 fully saturated rings. The van der Waals surface area contributed by atoms with Gasteiger partial charge in [-0.15, -0.1) is 0 Å². The van der Waals surface area contributed by atoms with Gasteiger partial charge in [-0.05, 0) is 19.3 Å². The van der Waals surface area contributed by atoms with Gasteiger partial charge < -0.3 is 5.11 Å². The van der Waals surface area contributed by atoms with Crippen molar-refractivity contribution >= 4 is 0 Å². The topological polar surface area (TPSA) is 20.2 Å². The van der Waals surface area contributed by atoms with Gasteiger partial charge in [0.2, 0.25) is 0 Å². The van der Waals surface area contributed by atoms with Crippen molar-refractivity contribution in [1.29, 1.82) is 0 Å². The number of aliphatic hydroxyl groups is 1. The Morgan fingerprint density at radius 3 is 2.62 bits per heavy atom. The summed E-state index contributed by atoms with van der Waals surface area (Å²) in [7, 11) is 0. The lowest BCUT2D eigenvalue weighted by atomic mass is 10.3. The van der Waals surface area contributed by atoms with E-state index in [9.17, 15) is 0 Å². The van der Waals surface area contributed by atoms with Crippen LogP contribution in [0.15, 0.2) is 12.2 Å². The lowest BCUT2D eigenvalue weighted by molar-refractivity contribution is 0.289. The predicted octanol–water partition coefficient (Wildman–Crippen LogP) is 1.73. The summed E-state index contributed by atoms with van der Waals surface area (Å²) in [6, 6.07) is 0. The standard InChI is InChI=1S/C7H14O/c1-2-3-4-5-6-7-8/h3-4,8H,2,5-7H2,1H3/b4-3-. The van der Waals surface area contributed by atoms with E-state index in [-0.39, 0.29) is 0 Å². The largest absolute Gasteiger partial charge is 0.396 e. The molecular weight excluding hydrogens is 100 g/mol. The molecule has 0 heterocycles. The van der Waals surface area contributed by atoms with Crippen LogP contribution in [0.25, 0.3) is 0 Å². The Labute approximate surface area is 51.0 Å². The highest BCUT2D eigenvalue weighted by Gasteiger charge is 1.75. The Morgan fingerprint density at radius 2 is 2.12 bits per heavy atom. The number of unbranched alkanes of at least 4 members (excludes halogenated alkanes) is 1. The lowest BCUT2D eigenvalue weighted by Crippen LogP contribution is -1.77. The van der Waals surface area contributed by atoms with Gasteiger partial charge >= 0.3 is 0 Å². The van der Waals surface area contributed by atoms with Crippen molar-refractivity contribution < 1.29 is 5.11 Å². The van der Waals surface area contributed by atoms with Crippen molar-refractivity contribution in [2.45, 2.75) is 26.2 Å². The first-order valence-electron chi connectivity index (χ1n) is 3.17. The van der Waals surface area contributed by atoms with Gasteiger partial charge in [0.15, 0.2) is 0 Å². The fourth-order valence-electron chi connectivity index (χ4n) is 0.494. The average Bonchev–Trinajstić information content (AvgIpc) is 1.81. The highest BCUT2D eigenvalue weighted by Crippen LogP contribution is 1.89. The molecule has 0 aromatic rings. The second-order valence-electron chi connectivity index (χ2n) is 1.75. The van der Waals surface area contributed by atoms with Crippen LogP contribution in [0.5, 0.6) is 0 Å². The van der Waals surface area contributed by atoms with E-state index >= 15 is 0 Å². The molecule has 0 bridgehead atoms. The summed E-state index contributed by atoms with van der Waals surface area (Å²) >= 11 is 0. The van der Waals surface area contributed by atoms with Crippen molar-refractivity contribution in [3.05, 3.63) is 12.2 Å². The van der Waals surface area contributed by atoms with Crippen molar-refractivity contribution in [1.82, 2.24) is 0 Å². The smallest absolute Gasteiger partial charge is 0.0433 e. The summed E-state index contributed by atoms with van der Waals surface area (Å²) in [6.45, 7) is 2.42. The first kappa shape index (κ1) is 7.70. The van der Waals surface area contributed by atoms with E-state index in [1.165, 1.54) is 0 Å². The van der Waals surface area contributed by atoms with Gasteiger partial charge in [0.05, 0.1) is 0 Å². The molecule has 0 aliphatic heterocycles. The molecule has 0 aliphatic rings. The zero-order valence-electron chi connectivity index (χ0n) is 5.43. The molecule has 0 radical (unpaired) electrons. The molecule has 48 valence electrons. The fraction of sp³-hybridized carbons (Fsp3) is 0.714. The number of aliphatic hydroxyl groups excluding tert-OH is 1. The summed E-state index contributed by atoms with van der Waals surface area (Å²) in [6.07, 6.45) is 7.25. The minimum atomic E-state index is 0.314. The van der Waals surface area contributed by atoms with Crippen LogP contribution in [0.3, 0.4) is 0 Å². The Balaban J connectivity index is 2.80. The Hall–Kier alpha value is -0.300. The van der Waals surface area contributed by atoms with Crippen LogP contribution in [0.2, 0.25) is 0 Å². The van der Waals surface area contributed by atoms with Crippen molar-refractivity contribution in [3.63, 3.8) is 0 Å². The van der Waals surface area contributed by atoms with Crippen LogP contribution < -0.4 is 0 Å². The van der Waals surface area contributed by atoms with Gasteiger partial charge in [-0.2, -0.15) is 0 Å². The first-order valence-corrected chi connectivity index (χ1v) is 3.17. The molecule has 0 aromatic carbocycles. The van der Waals surface area contributed by atoms with E-state index in [0.29, 0.717) is 6.61 Å². The summed E-state index contributed by atoms with van der Waals surface area (Å²) in [5.41, 5.74) is 0. The van der Waals surface area contributed by atoms with Gasteiger partial charge in [0, 0.05) is 6.61 Å². The molecule has 8 heavy (non-hydrogen) atoms. The van der Waals surface area contributed by atoms with E-state index in [4.69, 9.17) is 5.11 Å². The average molecular weight is 114 g/mol. The van der Waals surface area contributed by atoms with Gasteiger partial charge in [-0.25, -0.2) is 0 Å². The lowest BCUT2D eigenvalue weighted by Gasteiger charge is -1.85. The van der Waals surface area contributed by atoms with Gasteiger partial charge in [0.1, 0.15) is 0 Å². The molecule has 0 amide bonds. The molecule has 0 atom stereocenters. The summed E-state index contributed by atoms with van der Waals surface area (Å²) in [5, 5.41) is 8.33. The maximum absolute atomic E-state index is 8.33. The molecule has 1 heteroatoms. The van der Waals surface area contributed by atoms with Crippen molar-refractivity contribution in [3.8, 4) is 0 Å². The predicted molar refractivity (Wildman–Crippen MR) is 35.8 cm³/mol. The molecule has 0 aliphatic carbocycles. The van der Waals surface area contributed by atoms with Crippen LogP contribution in [0.1, 0.15) is 26.2 Å². The van der Waals surface area contributed by atoms with E-state index in [1.54, 1.807) is 0 Å². The van der Waals surface area contributed by atoms with E-state index < -0.39 is 0 Å². The monoisotopic (exact) mass is 114 g/mol. The SMILES string of the molecule is CC/C=C\CCCO. The third-order valence-electron chi connectivity index (χ3n) is 0.931. The van der Waals surface area contributed by atoms with Crippen LogP contribution in [-0.4, -0.2) is 11.7 Å². The van der Waals surface area contributed by atoms with Crippen LogP contribution in [0.4, 0.5) is 0 Å². The molecule has 0 unspecified atom stereocenters. The molecule has 0 aromatic heterocycles. The third kappa shape index (κ3) is 5.70. The van der Waals surface area contributed by atoms with Gasteiger partial charge in [-0.3, -0.25) is 0 Å². The molecule has 0 spiro atoms. The van der Waals surface area contributed by atoms with Crippen molar-refractivity contribution in [2.24, 2.45) is 0 Å². The highest BCUT2D eigenvalue weighted by molar-refractivity contribution is 4.79. The first-order chi connectivity index (χ1) is 3.91. The summed E-state index contributed by atoms with van der Waals surface area (Å²) in [4.78, 5) is 0. The maximum atomic E-state index is 8.33. The van der Waals surface area contributed by atoms with Crippen LogP contribution in [0, 0.1) is 0 Å². The fourth-order valence-corrected chi connectivity index (χ4v) is 0.494. The highest BCUT2D eigenvalue weighted by atomic mass is 16.2. The van der Waals surface area contributed by atoms with Gasteiger partial charge in [-0.1, -0.05) is 19.1 Å². The zero-order valence-corrected chi connectivity index (χ0v) is 5.43. The molecule has 1 N–H and O–H groups in total. The third-order valence-corrected chi connectivity index (χ3v) is 0.931. The molecule has 0 saturated carbocycles. The Kier molecular flexibility index (Phi) is 6.45. The second kappa shape index (κ2) is 6.70. The Bertz CT molecular complexity index is 57.4. The molecule has 0 rings (SSSR count). The summed E-state index contributed by atoms with van der Waals surface area (Å²) in [5.74, 6) is 0. The molecule has 0 saturated heterocycles. The number of hydrogen-bond donors (Lipinski definition) is 1. The van der Waals surface area contributed by atoms with Crippen LogP contribution >= 0.6 is 0 Å². The van der Waals surface area contributed by atoms with Crippen molar-refractivity contribution in [2.75, 3.05) is 6.61 Å². The minimum Gasteiger partial charge on any atom is -0.396 e. The molecular formula is C7H14O. The number of allylic oxidation sites excluding steroid dienone is 2. The second-order valence-corrected chi connectivity index (χ2v) is 1.75. The number of rotatable bonds is 4. The zero-order chi connectivity index (χ0) is 6.24. The minimum absolute atomic E-state index is 0.314. The van der Waals surface area contributed by atoms with Crippen LogP contribution in [-0.2, 0) is 0 Å². The quantitative estimate of drug-likeness (QED) is 0.436. The molecule has 1 nitrogen and oxygen atoms in total. The van der Waals surface area contributed by atoms with E-state index in [0.717, 1.165) is 19.3 Å². The normalized spacial score (nSPS) is 10.8. The number of hydrogen-bond acceptors (Lipinski definition) is 1.